The summed E-state index contributed by atoms with van der Waals surface area (Å²) in [7, 11) is 2.01. The van der Waals surface area contributed by atoms with Gasteiger partial charge < -0.3 is 14.7 Å². The van der Waals surface area contributed by atoms with Crippen LogP contribution in [0.1, 0.15) is 12.0 Å². The molecule has 0 saturated carbocycles. The molecule has 0 bridgehead atoms. The SMILES string of the molecule is Cn1c(-c2ccco2)nc2ccc(CCCN)cc21. The van der Waals surface area contributed by atoms with E-state index in [1.165, 1.54) is 5.56 Å². The van der Waals surface area contributed by atoms with Gasteiger partial charge in [-0.3, -0.25) is 0 Å². The number of fused-ring (bicyclic) bond motifs is 1. The smallest absolute Gasteiger partial charge is 0.176 e. The first kappa shape index (κ1) is 12.0. The van der Waals surface area contributed by atoms with Crippen LogP contribution in [-0.2, 0) is 13.5 Å². The third-order valence-corrected chi connectivity index (χ3v) is 3.36. The Kier molecular flexibility index (Phi) is 3.09. The average Bonchev–Trinajstić information content (AvgIpc) is 3.05. The topological polar surface area (TPSA) is 57.0 Å². The molecule has 3 rings (SSSR count). The van der Waals surface area contributed by atoms with E-state index in [1.807, 2.05) is 19.2 Å². The van der Waals surface area contributed by atoms with Crippen LogP contribution in [0.4, 0.5) is 0 Å². The number of rotatable bonds is 4. The Hall–Kier alpha value is -2.07. The van der Waals surface area contributed by atoms with E-state index < -0.39 is 0 Å². The lowest BCUT2D eigenvalue weighted by Crippen LogP contribution is -2.00. The van der Waals surface area contributed by atoms with Gasteiger partial charge in [0.2, 0.25) is 0 Å². The highest BCUT2D eigenvalue weighted by Crippen LogP contribution is 2.24. The summed E-state index contributed by atoms with van der Waals surface area (Å²) in [6.45, 7) is 0.723. The molecule has 2 heterocycles. The zero-order chi connectivity index (χ0) is 13.2. The first-order valence-electron chi connectivity index (χ1n) is 6.49. The molecule has 0 saturated heterocycles. The Balaban J connectivity index is 2.06. The molecule has 0 atom stereocenters. The molecule has 0 aliphatic carbocycles. The van der Waals surface area contributed by atoms with Gasteiger partial charge in [0.1, 0.15) is 0 Å². The minimum absolute atomic E-state index is 0.723. The van der Waals surface area contributed by atoms with Crippen molar-refractivity contribution in [3.8, 4) is 11.6 Å². The van der Waals surface area contributed by atoms with Gasteiger partial charge in [-0.2, -0.15) is 0 Å². The number of nitrogens with two attached hydrogens (primary N) is 1. The zero-order valence-corrected chi connectivity index (χ0v) is 11.0. The van der Waals surface area contributed by atoms with Crippen molar-refractivity contribution in [1.82, 2.24) is 9.55 Å². The maximum atomic E-state index is 5.56. The number of benzene rings is 1. The van der Waals surface area contributed by atoms with E-state index in [2.05, 4.69) is 27.8 Å². The third-order valence-electron chi connectivity index (χ3n) is 3.36. The number of hydrogen-bond donors (Lipinski definition) is 1. The molecular weight excluding hydrogens is 238 g/mol. The summed E-state index contributed by atoms with van der Waals surface area (Å²) < 4.78 is 7.49. The van der Waals surface area contributed by atoms with Gasteiger partial charge in [-0.15, -0.1) is 0 Å². The molecule has 2 N–H and O–H groups in total. The van der Waals surface area contributed by atoms with Gasteiger partial charge in [0.25, 0.3) is 0 Å². The predicted octanol–water partition coefficient (Wildman–Crippen LogP) is 2.72. The molecule has 3 aromatic rings. The molecule has 0 aliphatic heterocycles. The molecule has 0 radical (unpaired) electrons. The van der Waals surface area contributed by atoms with Crippen molar-refractivity contribution in [3.05, 3.63) is 42.2 Å². The van der Waals surface area contributed by atoms with Gasteiger partial charge in [-0.1, -0.05) is 6.07 Å². The first-order valence-corrected chi connectivity index (χ1v) is 6.49. The standard InChI is InChI=1S/C15H17N3O/c1-18-13-10-11(4-2-8-16)6-7-12(13)17-15(18)14-5-3-9-19-14/h3,5-7,9-10H,2,4,8,16H2,1H3. The number of aromatic nitrogens is 2. The zero-order valence-electron chi connectivity index (χ0n) is 11.0. The van der Waals surface area contributed by atoms with Crippen molar-refractivity contribution in [1.29, 1.82) is 0 Å². The van der Waals surface area contributed by atoms with E-state index in [0.29, 0.717) is 0 Å². The van der Waals surface area contributed by atoms with E-state index in [0.717, 1.165) is 42.0 Å². The lowest BCUT2D eigenvalue weighted by Gasteiger charge is -2.02. The summed E-state index contributed by atoms with van der Waals surface area (Å²) in [4.78, 5) is 4.62. The lowest BCUT2D eigenvalue weighted by atomic mass is 10.1. The highest BCUT2D eigenvalue weighted by molar-refractivity contribution is 5.80. The molecule has 0 aliphatic rings. The summed E-state index contributed by atoms with van der Waals surface area (Å²) in [5.41, 5.74) is 8.97. The highest BCUT2D eigenvalue weighted by atomic mass is 16.3. The summed E-state index contributed by atoms with van der Waals surface area (Å²) in [5, 5.41) is 0. The molecule has 1 aromatic carbocycles. The maximum Gasteiger partial charge on any atom is 0.176 e. The van der Waals surface area contributed by atoms with E-state index in [-0.39, 0.29) is 0 Å². The van der Waals surface area contributed by atoms with Crippen LogP contribution in [0, 0.1) is 0 Å². The molecule has 19 heavy (non-hydrogen) atoms. The van der Waals surface area contributed by atoms with Crippen LogP contribution in [-0.4, -0.2) is 16.1 Å². The van der Waals surface area contributed by atoms with Gasteiger partial charge >= 0.3 is 0 Å². The van der Waals surface area contributed by atoms with Crippen LogP contribution in [0.15, 0.2) is 41.0 Å². The number of imidazole rings is 1. The summed E-state index contributed by atoms with van der Waals surface area (Å²) in [5.74, 6) is 1.65. The van der Waals surface area contributed by atoms with Crippen LogP contribution in [0.5, 0.6) is 0 Å². The normalized spacial score (nSPS) is 11.3. The Morgan fingerprint density at radius 2 is 2.21 bits per heavy atom. The Morgan fingerprint density at radius 1 is 1.32 bits per heavy atom. The molecule has 2 aromatic heterocycles. The number of nitrogens with zero attached hydrogens (tertiary/aromatic N) is 2. The maximum absolute atomic E-state index is 5.56. The number of aryl methyl sites for hydroxylation is 2. The molecule has 0 fully saturated rings. The Morgan fingerprint density at radius 3 is 2.95 bits per heavy atom. The lowest BCUT2D eigenvalue weighted by molar-refractivity contribution is 0.574. The van der Waals surface area contributed by atoms with E-state index in [4.69, 9.17) is 10.2 Å². The molecule has 0 amide bonds. The summed E-state index contributed by atoms with van der Waals surface area (Å²) in [6.07, 6.45) is 3.68. The highest BCUT2D eigenvalue weighted by Gasteiger charge is 2.12. The van der Waals surface area contributed by atoms with Crippen molar-refractivity contribution in [2.45, 2.75) is 12.8 Å². The summed E-state index contributed by atoms with van der Waals surface area (Å²) >= 11 is 0. The van der Waals surface area contributed by atoms with Gasteiger partial charge in [0, 0.05) is 7.05 Å². The van der Waals surface area contributed by atoms with Gasteiger partial charge in [0.15, 0.2) is 11.6 Å². The molecule has 98 valence electrons. The van der Waals surface area contributed by atoms with Crippen LogP contribution in [0.2, 0.25) is 0 Å². The van der Waals surface area contributed by atoms with E-state index in [9.17, 15) is 0 Å². The molecule has 0 unspecified atom stereocenters. The van der Waals surface area contributed by atoms with Gasteiger partial charge in [-0.05, 0) is 49.2 Å². The van der Waals surface area contributed by atoms with Crippen LogP contribution in [0.25, 0.3) is 22.6 Å². The minimum Gasteiger partial charge on any atom is -0.461 e. The average molecular weight is 255 g/mol. The van der Waals surface area contributed by atoms with Crippen molar-refractivity contribution >= 4 is 11.0 Å². The summed E-state index contributed by atoms with van der Waals surface area (Å²) in [6, 6.07) is 10.2. The van der Waals surface area contributed by atoms with Gasteiger partial charge in [0.05, 0.1) is 17.3 Å². The second kappa shape index (κ2) is 4.90. The second-order valence-electron chi connectivity index (χ2n) is 4.69. The van der Waals surface area contributed by atoms with E-state index >= 15 is 0 Å². The van der Waals surface area contributed by atoms with Crippen molar-refractivity contribution < 1.29 is 4.42 Å². The molecule has 0 spiro atoms. The first-order chi connectivity index (χ1) is 9.29. The minimum atomic E-state index is 0.723. The third kappa shape index (κ3) is 2.15. The number of hydrogen-bond acceptors (Lipinski definition) is 3. The monoisotopic (exact) mass is 255 g/mol. The van der Waals surface area contributed by atoms with Crippen molar-refractivity contribution in [2.75, 3.05) is 6.54 Å². The Labute approximate surface area is 111 Å². The Bertz CT molecular complexity index is 683. The second-order valence-corrected chi connectivity index (χ2v) is 4.69. The molecular formula is C15H17N3O. The van der Waals surface area contributed by atoms with Crippen LogP contribution >= 0.6 is 0 Å². The predicted molar refractivity (Wildman–Crippen MR) is 75.8 cm³/mol. The quantitative estimate of drug-likeness (QED) is 0.779. The number of furan rings is 1. The van der Waals surface area contributed by atoms with Crippen molar-refractivity contribution in [2.24, 2.45) is 12.8 Å². The fourth-order valence-electron chi connectivity index (χ4n) is 2.32. The fourth-order valence-corrected chi connectivity index (χ4v) is 2.32. The van der Waals surface area contributed by atoms with Crippen molar-refractivity contribution in [3.63, 3.8) is 0 Å². The largest absolute Gasteiger partial charge is 0.461 e. The molecule has 4 nitrogen and oxygen atoms in total. The van der Waals surface area contributed by atoms with Crippen LogP contribution in [0.3, 0.4) is 0 Å². The fraction of sp³-hybridized carbons (Fsp3) is 0.267. The van der Waals surface area contributed by atoms with Crippen LogP contribution < -0.4 is 5.73 Å². The van der Waals surface area contributed by atoms with Gasteiger partial charge in [-0.25, -0.2) is 4.98 Å². The van der Waals surface area contributed by atoms with E-state index in [1.54, 1.807) is 6.26 Å². The molecule has 4 heteroatoms.